The number of carbonyl (C=O) groups is 11. The van der Waals surface area contributed by atoms with Gasteiger partial charge in [-0.15, -0.1) is 0 Å². The number of rotatable bonds is 27. The zero-order chi connectivity index (χ0) is 50.8. The van der Waals surface area contributed by atoms with E-state index >= 15 is 0 Å². The summed E-state index contributed by atoms with van der Waals surface area (Å²) in [4.78, 5) is 146. The number of nitrogens with one attached hydrogen (secondary N) is 5. The largest absolute Gasteiger partial charge is 0.481 e. The molecule has 0 saturated carbocycles. The number of unbranched alkanes of at least 4 members (excludes halogenated alkanes) is 1. The third-order valence-electron chi connectivity index (χ3n) is 10.2. The molecule has 1 aromatic rings. The standard InChI is InChI=1S/C41H61N11O16/c1-49-30(9-5-10-43-25-42)40(67)46-19-31(53)47-29(17-33(55)56)39(66)45-18-26-6-4-7-27(16-26)38(65)48-28(41(49)68)8-2-3-11-44-32(54)20-51(22-35(59)60)14-12-50(21-34(57)58)13-15-52(23-36(61)62)24-37(63)64/h4,6-7,16,25,28-30H,2-3,5,8-15,17-24H2,1H3,(H2,42,43)(H,44,54)(H,45,66)(H,46,67)(H,47,53)(H,48,65)(H,55,56)(H,57,58)(H,59,60)(H,61,62)(H,63,64)/t28?,29?,30-/m0/s1. The Hall–Kier alpha value is -7.26. The van der Waals surface area contributed by atoms with Crippen LogP contribution in [0.4, 0.5) is 0 Å². The minimum atomic E-state index is -1.51. The van der Waals surface area contributed by atoms with E-state index in [-0.39, 0.29) is 83.5 Å². The van der Waals surface area contributed by atoms with E-state index in [0.717, 1.165) is 16.1 Å². The molecule has 1 aliphatic heterocycles. The molecule has 2 unspecified atom stereocenters. The maximum Gasteiger partial charge on any atom is 0.317 e. The van der Waals surface area contributed by atoms with E-state index < -0.39 is 129 Å². The normalized spacial score (nSPS) is 17.5. The number of nitrogens with zero attached hydrogens (tertiary/aromatic N) is 5. The Kier molecular flexibility index (Phi) is 25.2. The summed E-state index contributed by atoms with van der Waals surface area (Å²) in [6.45, 7) is -3.85. The summed E-state index contributed by atoms with van der Waals surface area (Å²) in [6, 6.07) is 2.04. The molecule has 2 bridgehead atoms. The highest BCUT2D eigenvalue weighted by Gasteiger charge is 2.33. The van der Waals surface area contributed by atoms with E-state index in [2.05, 4.69) is 31.6 Å². The summed E-state index contributed by atoms with van der Waals surface area (Å²) < 4.78 is 0. The van der Waals surface area contributed by atoms with Crippen LogP contribution in [0.5, 0.6) is 0 Å². The van der Waals surface area contributed by atoms with Gasteiger partial charge < -0.3 is 62.8 Å². The highest BCUT2D eigenvalue weighted by Crippen LogP contribution is 2.14. The van der Waals surface area contributed by atoms with Gasteiger partial charge in [0.1, 0.15) is 18.1 Å². The molecule has 6 amide bonds. The molecule has 0 fully saturated rings. The fourth-order valence-corrected chi connectivity index (χ4v) is 6.89. The third kappa shape index (κ3) is 22.8. The van der Waals surface area contributed by atoms with E-state index in [0.29, 0.717) is 5.56 Å². The predicted octanol–water partition coefficient (Wildman–Crippen LogP) is -4.38. The first kappa shape index (κ1) is 56.9. The average Bonchev–Trinajstić information content (AvgIpc) is 3.25. The van der Waals surface area contributed by atoms with Crippen LogP contribution in [-0.4, -0.2) is 220 Å². The molecule has 376 valence electrons. The molecule has 3 atom stereocenters. The summed E-state index contributed by atoms with van der Waals surface area (Å²) in [6.07, 6.45) is 1.05. The molecule has 0 saturated heterocycles. The van der Waals surface area contributed by atoms with Crippen molar-refractivity contribution in [3.05, 3.63) is 35.4 Å². The van der Waals surface area contributed by atoms with Crippen LogP contribution in [-0.2, 0) is 54.5 Å². The molecule has 27 nitrogen and oxygen atoms in total. The number of hydrogen-bond donors (Lipinski definition) is 11. The smallest absolute Gasteiger partial charge is 0.317 e. The van der Waals surface area contributed by atoms with Crippen molar-refractivity contribution < 1.29 is 78.3 Å². The van der Waals surface area contributed by atoms with Crippen LogP contribution >= 0.6 is 0 Å². The van der Waals surface area contributed by atoms with Crippen LogP contribution in [0, 0.1) is 0 Å². The van der Waals surface area contributed by atoms with E-state index in [1.165, 1.54) is 35.0 Å². The Labute approximate surface area is 390 Å². The number of carboxylic acids is 5. The zero-order valence-corrected chi connectivity index (χ0v) is 37.6. The SMILES string of the molecule is CN1C(=O)C(CCCCNC(=O)CN(CCN(CCN(CC(=O)O)CC(=O)O)CC(=O)O)CC(=O)O)NC(=O)c2cccc(c2)CNC(=O)C(CC(=O)O)NC(=O)CNC(=O)[C@@H]1CCCN=CN. The van der Waals surface area contributed by atoms with Crippen molar-refractivity contribution in [2.75, 3.05) is 85.6 Å². The van der Waals surface area contributed by atoms with Gasteiger partial charge in [0.25, 0.3) is 5.91 Å². The maximum absolute atomic E-state index is 14.2. The lowest BCUT2D eigenvalue weighted by molar-refractivity contribution is -0.143. The van der Waals surface area contributed by atoms with Crippen molar-refractivity contribution in [1.82, 2.24) is 46.2 Å². The number of likely N-dealkylation sites (N-methyl/N-ethyl adjacent to an activating group) is 1. The maximum atomic E-state index is 14.2. The van der Waals surface area contributed by atoms with Gasteiger partial charge in [0, 0.05) is 58.4 Å². The lowest BCUT2D eigenvalue weighted by atomic mass is 10.0. The fourth-order valence-electron chi connectivity index (χ4n) is 6.89. The van der Waals surface area contributed by atoms with Gasteiger partial charge in [-0.1, -0.05) is 12.1 Å². The minimum Gasteiger partial charge on any atom is -0.481 e. The summed E-state index contributed by atoms with van der Waals surface area (Å²) in [5, 5.41) is 59.1. The number of amides is 6. The lowest BCUT2D eigenvalue weighted by Gasteiger charge is -2.31. The molecule has 12 N–H and O–H groups in total. The molecule has 1 heterocycles. The molecule has 68 heavy (non-hydrogen) atoms. The number of hydrogen-bond acceptors (Lipinski definition) is 15. The van der Waals surface area contributed by atoms with Crippen molar-refractivity contribution in [3.63, 3.8) is 0 Å². The first-order chi connectivity index (χ1) is 32.2. The molecule has 2 rings (SSSR count). The quantitative estimate of drug-likeness (QED) is 0.0225. The number of carboxylic acid groups (broad SMARTS) is 5. The second kappa shape index (κ2) is 30.1. The Morgan fingerprint density at radius 2 is 1.29 bits per heavy atom. The molecule has 0 aromatic heterocycles. The van der Waals surface area contributed by atoms with E-state index in [1.54, 1.807) is 6.07 Å². The molecule has 1 aliphatic rings. The number of aliphatic imine (C=N–C) groups is 1. The summed E-state index contributed by atoms with van der Waals surface area (Å²) >= 11 is 0. The predicted molar refractivity (Wildman–Crippen MR) is 237 cm³/mol. The van der Waals surface area contributed by atoms with Gasteiger partial charge in [0.05, 0.1) is 52.0 Å². The second-order valence-corrected chi connectivity index (χ2v) is 15.7. The molecule has 1 aromatic carbocycles. The molecule has 0 spiro atoms. The zero-order valence-electron chi connectivity index (χ0n) is 37.6. The molecule has 27 heteroatoms. The molecule has 0 aliphatic carbocycles. The van der Waals surface area contributed by atoms with Crippen LogP contribution < -0.4 is 32.3 Å². The Balaban J connectivity index is 2.23. The first-order valence-electron chi connectivity index (χ1n) is 21.4. The van der Waals surface area contributed by atoms with Crippen molar-refractivity contribution in [2.24, 2.45) is 10.7 Å². The van der Waals surface area contributed by atoms with Gasteiger partial charge in [-0.2, -0.15) is 0 Å². The second-order valence-electron chi connectivity index (χ2n) is 15.7. The highest BCUT2D eigenvalue weighted by molar-refractivity contribution is 5.99. The monoisotopic (exact) mass is 963 g/mol. The van der Waals surface area contributed by atoms with E-state index in [4.69, 9.17) is 15.9 Å². The highest BCUT2D eigenvalue weighted by atomic mass is 16.4. The number of fused-ring (bicyclic) bond motifs is 2. The average molecular weight is 964 g/mol. The molecular formula is C41H61N11O16. The lowest BCUT2D eigenvalue weighted by Crippen LogP contribution is -2.56. The number of aliphatic carboxylic acids is 5. The Morgan fingerprint density at radius 3 is 1.88 bits per heavy atom. The van der Waals surface area contributed by atoms with Gasteiger partial charge in [0.15, 0.2) is 0 Å². The number of nitrogens with two attached hydrogens (primary N) is 1. The summed E-state index contributed by atoms with van der Waals surface area (Å²) in [7, 11) is 1.34. The van der Waals surface area contributed by atoms with Gasteiger partial charge in [-0.05, 0) is 49.8 Å². The fraction of sp³-hybridized carbons (Fsp3) is 0.561. The van der Waals surface area contributed by atoms with Gasteiger partial charge in [0.2, 0.25) is 29.5 Å². The van der Waals surface area contributed by atoms with Crippen LogP contribution in [0.3, 0.4) is 0 Å². The Morgan fingerprint density at radius 1 is 0.721 bits per heavy atom. The first-order valence-corrected chi connectivity index (χ1v) is 21.4. The van der Waals surface area contributed by atoms with Crippen LogP contribution in [0.25, 0.3) is 0 Å². The number of benzene rings is 1. The number of carbonyl (C=O) groups excluding carboxylic acids is 6. The minimum absolute atomic E-state index is 0.000614. The van der Waals surface area contributed by atoms with E-state index in [9.17, 15) is 68.1 Å². The molecular weight excluding hydrogens is 903 g/mol. The topological polar surface area (TPSA) is 400 Å². The summed E-state index contributed by atoms with van der Waals surface area (Å²) in [5.41, 5.74) is 5.86. The van der Waals surface area contributed by atoms with Gasteiger partial charge in [-0.25, -0.2) is 0 Å². The molecule has 0 radical (unpaired) electrons. The van der Waals surface area contributed by atoms with Gasteiger partial charge >= 0.3 is 29.8 Å². The van der Waals surface area contributed by atoms with E-state index in [1.807, 2.05) is 0 Å². The van der Waals surface area contributed by atoms with Crippen molar-refractivity contribution in [1.29, 1.82) is 0 Å². The third-order valence-corrected chi connectivity index (χ3v) is 10.2. The summed E-state index contributed by atoms with van der Waals surface area (Å²) in [5.74, 6) is -11.0. The van der Waals surface area contributed by atoms with Crippen LogP contribution in [0.1, 0.15) is 54.4 Å². The van der Waals surface area contributed by atoms with Crippen molar-refractivity contribution >= 4 is 71.6 Å². The Bertz CT molecular complexity index is 1970. The van der Waals surface area contributed by atoms with Crippen molar-refractivity contribution in [3.8, 4) is 0 Å². The van der Waals surface area contributed by atoms with Gasteiger partial charge in [-0.3, -0.25) is 72.4 Å². The van der Waals surface area contributed by atoms with Crippen molar-refractivity contribution in [2.45, 2.75) is 63.2 Å². The van der Waals surface area contributed by atoms with Crippen LogP contribution in [0.15, 0.2) is 29.3 Å². The van der Waals surface area contributed by atoms with Crippen LogP contribution in [0.2, 0.25) is 0 Å².